The summed E-state index contributed by atoms with van der Waals surface area (Å²) >= 11 is 1.67. The van der Waals surface area contributed by atoms with Crippen molar-refractivity contribution in [2.75, 3.05) is 0 Å². The van der Waals surface area contributed by atoms with Gasteiger partial charge in [0.15, 0.2) is 28.8 Å². The molecule has 0 fully saturated rings. The van der Waals surface area contributed by atoms with Crippen molar-refractivity contribution in [1.82, 2.24) is 0 Å². The first-order valence-corrected chi connectivity index (χ1v) is 3.32. The van der Waals surface area contributed by atoms with Gasteiger partial charge < -0.3 is 4.89 Å². The van der Waals surface area contributed by atoms with Crippen LogP contribution in [0.4, 0.5) is 0 Å². The van der Waals surface area contributed by atoms with Gasteiger partial charge in [0, 0.05) is 0 Å². The van der Waals surface area contributed by atoms with Gasteiger partial charge in [0.2, 0.25) is 0 Å². The van der Waals surface area contributed by atoms with Gasteiger partial charge in [-0.1, -0.05) is 18.2 Å². The molecule has 0 heterocycles. The average Bonchev–Trinajstić information content (AvgIpc) is 1.91. The molecular formula is C6H5IO2. The third-order valence-electron chi connectivity index (χ3n) is 0.871. The zero-order valence-electron chi connectivity index (χ0n) is 4.58. The lowest BCUT2D eigenvalue weighted by Gasteiger charge is -1.94. The largest absolute Gasteiger partial charge is 0.327 e. The van der Waals surface area contributed by atoms with E-state index >= 15 is 0 Å². The highest BCUT2D eigenvalue weighted by atomic mass is 127. The Hall–Kier alpha value is -0.290. The van der Waals surface area contributed by atoms with E-state index in [1.165, 1.54) is 0 Å². The Morgan fingerprint density at radius 2 is 1.78 bits per heavy atom. The standard InChI is InChI=1S/C6H5IO2/c7-9-8-6-4-2-1-3-5-6/h1-5H. The van der Waals surface area contributed by atoms with E-state index in [-0.39, 0.29) is 0 Å². The molecule has 1 aromatic rings. The predicted octanol–water partition coefficient (Wildman–Crippen LogP) is 2.35. The second-order valence-electron chi connectivity index (χ2n) is 1.46. The quantitative estimate of drug-likeness (QED) is 0.445. The molecule has 0 saturated heterocycles. The first kappa shape index (κ1) is 6.82. The fourth-order valence-corrected chi connectivity index (χ4v) is 0.720. The Morgan fingerprint density at radius 1 is 1.11 bits per heavy atom. The summed E-state index contributed by atoms with van der Waals surface area (Å²) in [5.41, 5.74) is 0. The normalized spacial score (nSPS) is 9.00. The van der Waals surface area contributed by atoms with Crippen LogP contribution in [-0.4, -0.2) is 0 Å². The van der Waals surface area contributed by atoms with Gasteiger partial charge in [0.1, 0.15) is 0 Å². The van der Waals surface area contributed by atoms with Gasteiger partial charge in [-0.25, -0.2) is 0 Å². The van der Waals surface area contributed by atoms with Crippen molar-refractivity contribution < 1.29 is 8.10 Å². The van der Waals surface area contributed by atoms with E-state index in [2.05, 4.69) is 3.22 Å². The molecule has 0 radical (unpaired) electrons. The maximum absolute atomic E-state index is 4.69. The second-order valence-corrected chi connectivity index (χ2v) is 1.82. The Balaban J connectivity index is 2.61. The van der Waals surface area contributed by atoms with Crippen LogP contribution in [-0.2, 0) is 3.22 Å². The highest BCUT2D eigenvalue weighted by Crippen LogP contribution is 2.09. The van der Waals surface area contributed by atoms with Crippen molar-refractivity contribution in [2.45, 2.75) is 0 Å². The van der Waals surface area contributed by atoms with Gasteiger partial charge >= 0.3 is 0 Å². The molecule has 0 aliphatic carbocycles. The van der Waals surface area contributed by atoms with Crippen molar-refractivity contribution >= 4 is 23.0 Å². The molecule has 0 atom stereocenters. The Bertz CT molecular complexity index is 164. The van der Waals surface area contributed by atoms with Gasteiger partial charge in [-0.3, -0.25) is 0 Å². The number of benzene rings is 1. The molecule has 0 aliphatic heterocycles. The summed E-state index contributed by atoms with van der Waals surface area (Å²) in [5.74, 6) is 0.715. The van der Waals surface area contributed by atoms with E-state index < -0.39 is 0 Å². The molecule has 1 aromatic carbocycles. The summed E-state index contributed by atoms with van der Waals surface area (Å²) in [6.45, 7) is 0. The minimum atomic E-state index is 0.715. The zero-order chi connectivity index (χ0) is 6.53. The summed E-state index contributed by atoms with van der Waals surface area (Å²) in [6, 6.07) is 9.31. The molecule has 0 amide bonds. The van der Waals surface area contributed by atoms with E-state index in [4.69, 9.17) is 4.89 Å². The van der Waals surface area contributed by atoms with Crippen molar-refractivity contribution in [3.63, 3.8) is 0 Å². The van der Waals surface area contributed by atoms with E-state index in [1.54, 1.807) is 23.0 Å². The summed E-state index contributed by atoms with van der Waals surface area (Å²) in [4.78, 5) is 4.69. The van der Waals surface area contributed by atoms with Crippen LogP contribution in [0.25, 0.3) is 0 Å². The number of halogens is 1. The van der Waals surface area contributed by atoms with Crippen molar-refractivity contribution in [1.29, 1.82) is 0 Å². The molecule has 9 heavy (non-hydrogen) atoms. The van der Waals surface area contributed by atoms with Gasteiger partial charge in [-0.2, -0.15) is 0 Å². The van der Waals surface area contributed by atoms with E-state index in [9.17, 15) is 0 Å². The second kappa shape index (κ2) is 3.68. The lowest BCUT2D eigenvalue weighted by molar-refractivity contribution is -0.0471. The molecule has 0 N–H and O–H groups in total. The van der Waals surface area contributed by atoms with E-state index in [0.717, 1.165) is 0 Å². The Labute approximate surface area is 67.4 Å². The minimum absolute atomic E-state index is 0.715. The molecule has 3 heteroatoms. The van der Waals surface area contributed by atoms with Gasteiger partial charge in [-0.05, 0) is 12.1 Å². The SMILES string of the molecule is IOOc1ccccc1. The predicted molar refractivity (Wildman–Crippen MR) is 42.2 cm³/mol. The first-order valence-electron chi connectivity index (χ1n) is 2.44. The third kappa shape index (κ3) is 2.19. The molecule has 0 spiro atoms. The molecule has 48 valence electrons. The van der Waals surface area contributed by atoms with Gasteiger partial charge in [-0.15, -0.1) is 3.22 Å². The molecule has 0 aliphatic rings. The number of hydrogen-bond donors (Lipinski definition) is 0. The van der Waals surface area contributed by atoms with Crippen molar-refractivity contribution in [2.24, 2.45) is 0 Å². The summed E-state index contributed by atoms with van der Waals surface area (Å²) < 4.78 is 4.40. The number of rotatable bonds is 2. The van der Waals surface area contributed by atoms with Gasteiger partial charge in [0.25, 0.3) is 0 Å². The first-order chi connectivity index (χ1) is 4.43. The Morgan fingerprint density at radius 3 is 2.33 bits per heavy atom. The highest BCUT2D eigenvalue weighted by molar-refractivity contribution is 14.1. The van der Waals surface area contributed by atoms with Crippen LogP contribution >= 0.6 is 23.0 Å². The smallest absolute Gasteiger partial charge is 0.170 e. The van der Waals surface area contributed by atoms with E-state index in [0.29, 0.717) is 5.75 Å². The summed E-state index contributed by atoms with van der Waals surface area (Å²) in [5, 5.41) is 0. The third-order valence-corrected chi connectivity index (χ3v) is 1.05. The van der Waals surface area contributed by atoms with Crippen LogP contribution in [0.1, 0.15) is 0 Å². The van der Waals surface area contributed by atoms with Crippen LogP contribution < -0.4 is 4.89 Å². The number of para-hydroxylation sites is 1. The fourth-order valence-electron chi connectivity index (χ4n) is 0.512. The summed E-state index contributed by atoms with van der Waals surface area (Å²) in [6.07, 6.45) is 0. The van der Waals surface area contributed by atoms with Crippen LogP contribution in [0.5, 0.6) is 5.75 Å². The molecule has 0 saturated carbocycles. The molecule has 1 rings (SSSR count). The molecule has 2 nitrogen and oxygen atoms in total. The highest BCUT2D eigenvalue weighted by Gasteiger charge is 1.86. The maximum Gasteiger partial charge on any atom is 0.170 e. The van der Waals surface area contributed by atoms with Crippen LogP contribution in [0, 0.1) is 0 Å². The van der Waals surface area contributed by atoms with Crippen LogP contribution in [0.3, 0.4) is 0 Å². The fraction of sp³-hybridized carbons (Fsp3) is 0. The van der Waals surface area contributed by atoms with Crippen LogP contribution in [0.15, 0.2) is 30.3 Å². The average molecular weight is 236 g/mol. The minimum Gasteiger partial charge on any atom is -0.327 e. The van der Waals surface area contributed by atoms with Crippen molar-refractivity contribution in [3.05, 3.63) is 30.3 Å². The monoisotopic (exact) mass is 236 g/mol. The Kier molecular flexibility index (Phi) is 2.79. The molecule has 0 bridgehead atoms. The van der Waals surface area contributed by atoms with Gasteiger partial charge in [0.05, 0.1) is 0 Å². The molecule has 0 unspecified atom stereocenters. The lowest BCUT2D eigenvalue weighted by atomic mass is 10.3. The number of hydrogen-bond acceptors (Lipinski definition) is 2. The summed E-state index contributed by atoms with van der Waals surface area (Å²) in [7, 11) is 0. The maximum atomic E-state index is 4.69. The van der Waals surface area contributed by atoms with Crippen molar-refractivity contribution in [3.8, 4) is 5.75 Å². The van der Waals surface area contributed by atoms with Crippen LogP contribution in [0.2, 0.25) is 0 Å². The topological polar surface area (TPSA) is 18.5 Å². The molecule has 0 aromatic heterocycles. The zero-order valence-corrected chi connectivity index (χ0v) is 6.74. The van der Waals surface area contributed by atoms with E-state index in [1.807, 2.05) is 30.3 Å². The lowest BCUT2D eigenvalue weighted by Crippen LogP contribution is -1.82. The molecular weight excluding hydrogens is 231 g/mol.